The van der Waals surface area contributed by atoms with Crippen molar-refractivity contribution >= 4 is 23.1 Å². The lowest BCUT2D eigenvalue weighted by Crippen LogP contribution is -2.24. The molecule has 0 unspecified atom stereocenters. The van der Waals surface area contributed by atoms with E-state index in [1.165, 1.54) is 12.1 Å². The highest BCUT2D eigenvalue weighted by molar-refractivity contribution is 6.31. The van der Waals surface area contributed by atoms with Gasteiger partial charge in [-0.3, -0.25) is 5.41 Å². The second kappa shape index (κ2) is 4.62. The lowest BCUT2D eigenvalue weighted by atomic mass is 10.1. The normalized spacial score (nSPS) is 13.2. The van der Waals surface area contributed by atoms with Crippen LogP contribution >= 0.6 is 11.6 Å². The molecule has 0 bridgehead atoms. The fraction of sp³-hybridized carbons (Fsp3) is 0.0667. The molecule has 5 heteroatoms. The molecule has 1 N–H and O–H groups in total. The zero-order valence-corrected chi connectivity index (χ0v) is 11.1. The van der Waals surface area contributed by atoms with Gasteiger partial charge < -0.3 is 4.90 Å². The standard InChI is InChI=1S/C15H9ClFN3/c16-11-3-1-9(7-18)14(5-11)20-8-10-2-4-12(17)6-13(10)15(20)19/h1-6,19H,8H2. The maximum Gasteiger partial charge on any atom is 0.133 e. The van der Waals surface area contributed by atoms with Gasteiger partial charge in [-0.25, -0.2) is 4.39 Å². The van der Waals surface area contributed by atoms with E-state index in [0.717, 1.165) is 5.56 Å². The maximum atomic E-state index is 13.3. The number of hydrogen-bond donors (Lipinski definition) is 1. The first kappa shape index (κ1) is 12.6. The molecular weight excluding hydrogens is 277 g/mol. The lowest BCUT2D eigenvalue weighted by Gasteiger charge is -2.19. The van der Waals surface area contributed by atoms with Crippen molar-refractivity contribution in [1.82, 2.24) is 0 Å². The second-order valence-corrected chi connectivity index (χ2v) is 4.95. The highest BCUT2D eigenvalue weighted by atomic mass is 35.5. The van der Waals surface area contributed by atoms with Gasteiger partial charge in [0, 0.05) is 10.6 Å². The Kier molecular flexibility index (Phi) is 2.92. The van der Waals surface area contributed by atoms with E-state index in [9.17, 15) is 4.39 Å². The number of anilines is 1. The number of halogens is 2. The number of rotatable bonds is 1. The van der Waals surface area contributed by atoms with Gasteiger partial charge in [0.25, 0.3) is 0 Å². The third-order valence-electron chi connectivity index (χ3n) is 3.30. The molecule has 1 heterocycles. The minimum Gasteiger partial charge on any atom is -0.321 e. The maximum absolute atomic E-state index is 13.3. The van der Waals surface area contributed by atoms with Crippen LogP contribution in [-0.4, -0.2) is 5.84 Å². The van der Waals surface area contributed by atoms with Crippen LogP contribution in [0.2, 0.25) is 5.02 Å². The smallest absolute Gasteiger partial charge is 0.133 e. The zero-order valence-electron chi connectivity index (χ0n) is 10.3. The van der Waals surface area contributed by atoms with Gasteiger partial charge in [-0.15, -0.1) is 0 Å². The Bertz CT molecular complexity index is 764. The number of fused-ring (bicyclic) bond motifs is 1. The quantitative estimate of drug-likeness (QED) is 0.868. The van der Waals surface area contributed by atoms with Crippen molar-refractivity contribution in [2.24, 2.45) is 0 Å². The van der Waals surface area contributed by atoms with E-state index >= 15 is 0 Å². The number of nitriles is 1. The molecule has 0 aliphatic carbocycles. The van der Waals surface area contributed by atoms with Gasteiger partial charge >= 0.3 is 0 Å². The molecule has 1 aliphatic rings. The number of hydrogen-bond acceptors (Lipinski definition) is 2. The molecule has 0 saturated heterocycles. The van der Waals surface area contributed by atoms with Crippen LogP contribution in [0.3, 0.4) is 0 Å². The predicted molar refractivity (Wildman–Crippen MR) is 75.6 cm³/mol. The van der Waals surface area contributed by atoms with E-state index in [-0.39, 0.29) is 11.7 Å². The molecular formula is C15H9ClFN3. The van der Waals surface area contributed by atoms with E-state index in [2.05, 4.69) is 6.07 Å². The molecule has 20 heavy (non-hydrogen) atoms. The van der Waals surface area contributed by atoms with Crippen LogP contribution < -0.4 is 4.90 Å². The Morgan fingerprint density at radius 1 is 1.25 bits per heavy atom. The molecule has 0 spiro atoms. The number of benzene rings is 2. The van der Waals surface area contributed by atoms with E-state index in [0.29, 0.717) is 28.4 Å². The van der Waals surface area contributed by atoms with Gasteiger partial charge in [0.1, 0.15) is 17.7 Å². The molecule has 0 amide bonds. The van der Waals surface area contributed by atoms with E-state index < -0.39 is 0 Å². The van der Waals surface area contributed by atoms with Gasteiger partial charge in [0.15, 0.2) is 0 Å². The Hall–Kier alpha value is -2.38. The summed E-state index contributed by atoms with van der Waals surface area (Å²) in [4.78, 5) is 1.66. The van der Waals surface area contributed by atoms with Gasteiger partial charge in [0.05, 0.1) is 17.8 Å². The molecule has 98 valence electrons. The Labute approximate surface area is 120 Å². The SMILES string of the molecule is N#Cc1ccc(Cl)cc1N1Cc2ccc(F)cc2C1=N. The fourth-order valence-electron chi connectivity index (χ4n) is 2.33. The topological polar surface area (TPSA) is 50.9 Å². The van der Waals surface area contributed by atoms with Crippen molar-refractivity contribution in [2.75, 3.05) is 4.90 Å². The summed E-state index contributed by atoms with van der Waals surface area (Å²) in [7, 11) is 0. The van der Waals surface area contributed by atoms with Gasteiger partial charge in [-0.05, 0) is 35.9 Å². The van der Waals surface area contributed by atoms with Crippen LogP contribution in [0.15, 0.2) is 36.4 Å². The zero-order chi connectivity index (χ0) is 14.3. The first-order valence-corrected chi connectivity index (χ1v) is 6.32. The van der Waals surface area contributed by atoms with Crippen molar-refractivity contribution in [1.29, 1.82) is 10.7 Å². The average molecular weight is 286 g/mol. The number of nitrogens with one attached hydrogen (secondary N) is 1. The monoisotopic (exact) mass is 285 g/mol. The summed E-state index contributed by atoms with van der Waals surface area (Å²) in [6, 6.07) is 11.4. The van der Waals surface area contributed by atoms with E-state index in [4.69, 9.17) is 22.3 Å². The Balaban J connectivity index is 2.09. The molecule has 1 aliphatic heterocycles. The summed E-state index contributed by atoms with van der Waals surface area (Å²) in [5.74, 6) is -0.194. The number of nitrogens with zero attached hydrogens (tertiary/aromatic N) is 2. The van der Waals surface area contributed by atoms with Crippen molar-refractivity contribution in [3.8, 4) is 6.07 Å². The van der Waals surface area contributed by atoms with Crippen molar-refractivity contribution in [3.05, 3.63) is 63.9 Å². The van der Waals surface area contributed by atoms with Crippen molar-refractivity contribution in [2.45, 2.75) is 6.54 Å². The third kappa shape index (κ3) is 1.93. The largest absolute Gasteiger partial charge is 0.321 e. The molecule has 0 aromatic heterocycles. The molecule has 0 radical (unpaired) electrons. The van der Waals surface area contributed by atoms with Crippen LogP contribution in [-0.2, 0) is 6.54 Å². The highest BCUT2D eigenvalue weighted by Crippen LogP contribution is 2.32. The summed E-state index contributed by atoms with van der Waals surface area (Å²) < 4.78 is 13.3. The summed E-state index contributed by atoms with van der Waals surface area (Å²) >= 11 is 5.97. The van der Waals surface area contributed by atoms with Crippen LogP contribution in [0.4, 0.5) is 10.1 Å². The van der Waals surface area contributed by atoms with Crippen LogP contribution in [0, 0.1) is 22.6 Å². The van der Waals surface area contributed by atoms with Gasteiger partial charge in [0.2, 0.25) is 0 Å². The Morgan fingerprint density at radius 3 is 2.80 bits per heavy atom. The molecule has 0 atom stereocenters. The van der Waals surface area contributed by atoms with E-state index in [1.807, 2.05) is 0 Å². The summed E-state index contributed by atoms with van der Waals surface area (Å²) in [6.07, 6.45) is 0. The summed E-state index contributed by atoms with van der Waals surface area (Å²) in [6.45, 7) is 0.434. The summed E-state index contributed by atoms with van der Waals surface area (Å²) in [5.41, 5.74) is 2.42. The lowest BCUT2D eigenvalue weighted by molar-refractivity contribution is 0.627. The molecule has 3 nitrogen and oxygen atoms in total. The Morgan fingerprint density at radius 2 is 2.05 bits per heavy atom. The first-order chi connectivity index (χ1) is 9.60. The van der Waals surface area contributed by atoms with Gasteiger partial charge in [-0.1, -0.05) is 17.7 Å². The summed E-state index contributed by atoms with van der Waals surface area (Å²) in [5, 5.41) is 17.8. The third-order valence-corrected chi connectivity index (χ3v) is 3.53. The second-order valence-electron chi connectivity index (χ2n) is 4.51. The van der Waals surface area contributed by atoms with Gasteiger partial charge in [-0.2, -0.15) is 5.26 Å². The van der Waals surface area contributed by atoms with Crippen molar-refractivity contribution < 1.29 is 4.39 Å². The van der Waals surface area contributed by atoms with Crippen LogP contribution in [0.1, 0.15) is 16.7 Å². The van der Waals surface area contributed by atoms with Crippen LogP contribution in [0.5, 0.6) is 0 Å². The molecule has 3 rings (SSSR count). The molecule has 0 fully saturated rings. The fourth-order valence-corrected chi connectivity index (χ4v) is 2.50. The van der Waals surface area contributed by atoms with Crippen LogP contribution in [0.25, 0.3) is 0 Å². The number of amidine groups is 1. The predicted octanol–water partition coefficient (Wildman–Crippen LogP) is 3.70. The first-order valence-electron chi connectivity index (χ1n) is 5.94. The molecule has 2 aromatic carbocycles. The molecule has 0 saturated carbocycles. The minimum absolute atomic E-state index is 0.179. The minimum atomic E-state index is -0.373. The molecule has 2 aromatic rings. The van der Waals surface area contributed by atoms with Crippen molar-refractivity contribution in [3.63, 3.8) is 0 Å². The van der Waals surface area contributed by atoms with E-state index in [1.54, 1.807) is 29.2 Å². The average Bonchev–Trinajstić information content (AvgIpc) is 2.76. The highest BCUT2D eigenvalue weighted by Gasteiger charge is 2.27.